The number of carbonyl (C=O) groups excluding carboxylic acids is 2. The second-order valence-corrected chi connectivity index (χ2v) is 14.1. The largest absolute Gasteiger partial charge is 0.463 e. The zero-order valence-corrected chi connectivity index (χ0v) is 28.7. The van der Waals surface area contributed by atoms with E-state index in [1.807, 2.05) is 42.2 Å². The van der Waals surface area contributed by atoms with Crippen LogP contribution in [-0.2, 0) is 9.53 Å². The molecule has 3 aliphatic rings. The van der Waals surface area contributed by atoms with Crippen LogP contribution in [-0.4, -0.2) is 78.4 Å². The molecule has 0 saturated carbocycles. The van der Waals surface area contributed by atoms with Crippen molar-refractivity contribution >= 4 is 44.5 Å². The SMILES string of the molecule is CCN=c1cc2oc3cc(NCC)c(C)cc3c(-c3ccccc3C(=O)N3CCN(CCOC(=O)C(C)(C)Br)CC3)c-2cc1C. The summed E-state index contributed by atoms with van der Waals surface area (Å²) in [5.41, 5.74) is 7.45. The van der Waals surface area contributed by atoms with Crippen LogP contribution in [0.25, 0.3) is 33.4 Å². The van der Waals surface area contributed by atoms with Gasteiger partial charge < -0.3 is 19.4 Å². The molecule has 1 amide bonds. The van der Waals surface area contributed by atoms with E-state index in [0.717, 1.165) is 62.1 Å². The van der Waals surface area contributed by atoms with Crippen molar-refractivity contribution in [3.8, 4) is 22.5 Å². The topological polar surface area (TPSA) is 87.4 Å². The Kier molecular flexibility index (Phi) is 9.99. The van der Waals surface area contributed by atoms with E-state index in [1.165, 1.54) is 0 Å². The molecule has 0 spiro atoms. The van der Waals surface area contributed by atoms with E-state index in [4.69, 9.17) is 9.15 Å². The normalized spacial score (nSPS) is 14.7. The molecule has 0 radical (unpaired) electrons. The minimum absolute atomic E-state index is 0.00937. The second kappa shape index (κ2) is 13.7. The molecule has 1 N–H and O–H groups in total. The smallest absolute Gasteiger partial charge is 0.322 e. The molecule has 0 atom stereocenters. The number of rotatable bonds is 9. The number of piperazine rings is 1. The van der Waals surface area contributed by atoms with Crippen LogP contribution in [0.4, 0.5) is 5.69 Å². The average molecular weight is 676 g/mol. The van der Waals surface area contributed by atoms with Crippen molar-refractivity contribution in [2.24, 2.45) is 4.99 Å². The molecule has 5 rings (SSSR count). The summed E-state index contributed by atoms with van der Waals surface area (Å²) in [5, 5.41) is 5.32. The van der Waals surface area contributed by atoms with Gasteiger partial charge in [0.2, 0.25) is 0 Å². The van der Waals surface area contributed by atoms with E-state index in [0.29, 0.717) is 51.4 Å². The minimum atomic E-state index is -0.700. The van der Waals surface area contributed by atoms with E-state index in [1.54, 1.807) is 13.8 Å². The van der Waals surface area contributed by atoms with E-state index < -0.39 is 4.32 Å². The van der Waals surface area contributed by atoms with Crippen LogP contribution >= 0.6 is 15.9 Å². The maximum absolute atomic E-state index is 14.2. The van der Waals surface area contributed by atoms with Crippen LogP contribution in [0.1, 0.15) is 49.2 Å². The Morgan fingerprint density at radius 1 is 1.00 bits per heavy atom. The fourth-order valence-corrected chi connectivity index (χ4v) is 5.99. The average Bonchev–Trinajstić information content (AvgIpc) is 3.01. The first-order valence-electron chi connectivity index (χ1n) is 15.7. The molecule has 1 aliphatic carbocycles. The van der Waals surface area contributed by atoms with Crippen molar-refractivity contribution in [3.05, 3.63) is 70.6 Å². The Morgan fingerprint density at radius 2 is 1.73 bits per heavy atom. The lowest BCUT2D eigenvalue weighted by Crippen LogP contribution is -2.49. The van der Waals surface area contributed by atoms with Gasteiger partial charge in [-0.2, -0.15) is 0 Å². The standard InChI is InChI=1S/C36H43BrN4O4/c1-7-38-29-21-31-27(19-23(29)3)33(28-20-24(4)30(39-8-2)22-32(28)45-31)25-11-9-10-12-26(25)34(42)41-15-13-40(14-16-41)17-18-44-35(43)36(5,6)37/h9-12,19-22,38H,7-8,13-18H2,1-6H3. The number of nitrogens with one attached hydrogen (secondary N) is 1. The van der Waals surface area contributed by atoms with Crippen LogP contribution < -0.4 is 10.7 Å². The molecule has 2 aromatic rings. The van der Waals surface area contributed by atoms with Gasteiger partial charge in [0.05, 0.1) is 5.36 Å². The highest BCUT2D eigenvalue weighted by Crippen LogP contribution is 2.43. The number of hydrogen-bond acceptors (Lipinski definition) is 7. The van der Waals surface area contributed by atoms with Gasteiger partial charge in [-0.05, 0) is 76.4 Å². The molecule has 2 heterocycles. The summed E-state index contributed by atoms with van der Waals surface area (Å²) < 4.78 is 11.3. The van der Waals surface area contributed by atoms with Crippen LogP contribution in [0, 0.1) is 13.8 Å². The molecule has 9 heteroatoms. The number of amides is 1. The highest BCUT2D eigenvalue weighted by molar-refractivity contribution is 9.10. The van der Waals surface area contributed by atoms with Crippen molar-refractivity contribution in [2.45, 2.75) is 45.9 Å². The summed E-state index contributed by atoms with van der Waals surface area (Å²) in [6, 6.07) is 16.3. The van der Waals surface area contributed by atoms with E-state index in [-0.39, 0.29) is 11.9 Å². The quantitative estimate of drug-likeness (QED) is 0.122. The van der Waals surface area contributed by atoms with Gasteiger partial charge in [0.1, 0.15) is 22.3 Å². The van der Waals surface area contributed by atoms with E-state index in [2.05, 4.69) is 70.1 Å². The van der Waals surface area contributed by atoms with Crippen molar-refractivity contribution in [1.29, 1.82) is 0 Å². The molecule has 238 valence electrons. The molecule has 0 bridgehead atoms. The van der Waals surface area contributed by atoms with Gasteiger partial charge in [-0.15, -0.1) is 0 Å². The summed E-state index contributed by atoms with van der Waals surface area (Å²) in [6.45, 7) is 16.9. The summed E-state index contributed by atoms with van der Waals surface area (Å²) in [4.78, 5) is 35.1. The Morgan fingerprint density at radius 3 is 2.42 bits per heavy atom. The lowest BCUT2D eigenvalue weighted by molar-refractivity contribution is -0.145. The fourth-order valence-electron chi connectivity index (χ4n) is 5.87. The molecule has 1 saturated heterocycles. The van der Waals surface area contributed by atoms with Gasteiger partial charge in [-0.25, -0.2) is 0 Å². The summed E-state index contributed by atoms with van der Waals surface area (Å²) in [6.07, 6.45) is 0. The number of benzene rings is 3. The summed E-state index contributed by atoms with van der Waals surface area (Å²) in [7, 11) is 0. The third kappa shape index (κ3) is 7.10. The maximum Gasteiger partial charge on any atom is 0.322 e. The van der Waals surface area contributed by atoms with Crippen molar-refractivity contribution < 1.29 is 18.7 Å². The minimum Gasteiger partial charge on any atom is -0.463 e. The molecule has 2 aromatic carbocycles. The van der Waals surface area contributed by atoms with Crippen LogP contribution in [0.2, 0.25) is 0 Å². The Hall–Kier alpha value is -3.69. The predicted molar refractivity (Wildman–Crippen MR) is 184 cm³/mol. The van der Waals surface area contributed by atoms with E-state index >= 15 is 0 Å². The Balaban J connectivity index is 1.50. The molecule has 0 unspecified atom stereocenters. The second-order valence-electron chi connectivity index (χ2n) is 12.1. The third-order valence-electron chi connectivity index (χ3n) is 8.29. The first kappa shape index (κ1) is 32.7. The number of fused-ring (bicyclic) bond motifs is 2. The molecular weight excluding hydrogens is 632 g/mol. The summed E-state index contributed by atoms with van der Waals surface area (Å²) in [5.74, 6) is 0.470. The first-order valence-corrected chi connectivity index (χ1v) is 16.5. The number of halogens is 1. The number of anilines is 1. The summed E-state index contributed by atoms with van der Waals surface area (Å²) >= 11 is 3.35. The van der Waals surface area contributed by atoms with Crippen LogP contribution in [0.3, 0.4) is 0 Å². The maximum atomic E-state index is 14.2. The van der Waals surface area contributed by atoms with Crippen molar-refractivity contribution in [3.63, 3.8) is 0 Å². The Labute approximate surface area is 273 Å². The van der Waals surface area contributed by atoms with Crippen molar-refractivity contribution in [1.82, 2.24) is 9.80 Å². The monoisotopic (exact) mass is 674 g/mol. The number of ether oxygens (including phenoxy) is 1. The number of esters is 1. The van der Waals surface area contributed by atoms with Crippen molar-refractivity contribution in [2.75, 3.05) is 57.7 Å². The zero-order valence-electron chi connectivity index (χ0n) is 27.1. The highest BCUT2D eigenvalue weighted by atomic mass is 79.9. The lowest BCUT2D eigenvalue weighted by atomic mass is 9.89. The number of alkyl halides is 1. The first-order chi connectivity index (χ1) is 21.5. The lowest BCUT2D eigenvalue weighted by Gasteiger charge is -2.35. The van der Waals surface area contributed by atoms with Crippen LogP contribution in [0.5, 0.6) is 0 Å². The predicted octanol–water partition coefficient (Wildman–Crippen LogP) is 6.65. The van der Waals surface area contributed by atoms with Gasteiger partial charge in [-0.3, -0.25) is 19.5 Å². The molecule has 1 fully saturated rings. The number of nitrogens with zero attached hydrogens (tertiary/aromatic N) is 3. The molecule has 45 heavy (non-hydrogen) atoms. The van der Waals surface area contributed by atoms with Gasteiger partial charge in [0.25, 0.3) is 5.91 Å². The molecule has 2 aliphatic heterocycles. The number of hydrogen-bond donors (Lipinski definition) is 1. The zero-order chi connectivity index (χ0) is 32.3. The Bertz CT molecular complexity index is 1750. The third-order valence-corrected chi connectivity index (χ3v) is 8.62. The van der Waals surface area contributed by atoms with Gasteiger partial charge in [0, 0.05) is 85.7 Å². The fraction of sp³-hybridized carbons (Fsp3) is 0.417. The number of carbonyl (C=O) groups is 2. The van der Waals surface area contributed by atoms with Crippen LogP contribution in [0.15, 0.2) is 57.9 Å². The van der Waals surface area contributed by atoms with Gasteiger partial charge >= 0.3 is 5.97 Å². The van der Waals surface area contributed by atoms with Gasteiger partial charge in [-0.1, -0.05) is 34.1 Å². The molecule has 0 aromatic heterocycles. The van der Waals surface area contributed by atoms with Gasteiger partial charge in [0.15, 0.2) is 0 Å². The number of aryl methyl sites for hydroxylation is 2. The molecule has 8 nitrogen and oxygen atoms in total. The highest BCUT2D eigenvalue weighted by Gasteiger charge is 2.28. The van der Waals surface area contributed by atoms with E-state index in [9.17, 15) is 9.59 Å². The molecular formula is C36H43BrN4O4.